The summed E-state index contributed by atoms with van der Waals surface area (Å²) >= 11 is 3.45. The van der Waals surface area contributed by atoms with Gasteiger partial charge in [-0.05, 0) is 6.07 Å². The number of hydrogen-bond acceptors (Lipinski definition) is 0. The summed E-state index contributed by atoms with van der Waals surface area (Å²) in [7, 11) is 0. The second-order valence-corrected chi connectivity index (χ2v) is 3.70. The molecule has 0 unspecified atom stereocenters. The molecule has 0 aliphatic carbocycles. The average Bonchev–Trinajstić information content (AvgIpc) is 2.19. The van der Waals surface area contributed by atoms with E-state index in [4.69, 9.17) is 0 Å². The monoisotopic (exact) mass is 238 g/mol. The van der Waals surface area contributed by atoms with E-state index in [0.29, 0.717) is 0 Å². The van der Waals surface area contributed by atoms with Crippen molar-refractivity contribution in [2.75, 3.05) is 0 Å². The molecule has 0 bridgehead atoms. The first kappa shape index (κ1) is 11.6. The fourth-order valence-corrected chi connectivity index (χ4v) is 1.63. The van der Waals surface area contributed by atoms with Crippen LogP contribution in [0.1, 0.15) is 0 Å². The van der Waals surface area contributed by atoms with Gasteiger partial charge in [0, 0.05) is 4.47 Å². The van der Waals surface area contributed by atoms with Gasteiger partial charge in [-0.1, -0.05) is 39.7 Å². The van der Waals surface area contributed by atoms with Gasteiger partial charge in [-0.2, -0.15) is 0 Å². The maximum atomic E-state index is 3.45. The van der Waals surface area contributed by atoms with Gasteiger partial charge in [0.05, 0.1) is 0 Å². The predicted octanol–water partition coefficient (Wildman–Crippen LogP) is 0.920. The molecule has 0 saturated carbocycles. The van der Waals surface area contributed by atoms with Crippen molar-refractivity contribution in [1.82, 2.24) is 0 Å². The third-order valence-corrected chi connectivity index (χ3v) is 2.34. The van der Waals surface area contributed by atoms with Crippen LogP contribution in [0, 0.1) is 6.07 Å². The van der Waals surface area contributed by atoms with Crippen molar-refractivity contribution in [3.05, 3.63) is 59.1 Å². The zero-order chi connectivity index (χ0) is 9.10. The SMILES string of the molecule is Brc1cccc(-c2[c-]cccc2)c1.[Li+]. The molecule has 0 aliphatic rings. The summed E-state index contributed by atoms with van der Waals surface area (Å²) in [6, 6.07) is 19.4. The Bertz CT molecular complexity index is 398. The van der Waals surface area contributed by atoms with Crippen LogP contribution >= 0.6 is 15.9 Å². The molecule has 0 spiro atoms. The first-order chi connectivity index (χ1) is 6.36. The summed E-state index contributed by atoms with van der Waals surface area (Å²) in [6.45, 7) is 0. The Balaban J connectivity index is 0.000000980. The van der Waals surface area contributed by atoms with Crippen molar-refractivity contribution in [2.24, 2.45) is 0 Å². The van der Waals surface area contributed by atoms with E-state index in [-0.39, 0.29) is 18.9 Å². The smallest absolute Gasteiger partial charge is 0.147 e. The van der Waals surface area contributed by atoms with Crippen LogP contribution in [0.2, 0.25) is 0 Å². The molecule has 0 fully saturated rings. The summed E-state index contributed by atoms with van der Waals surface area (Å²) in [5.41, 5.74) is 2.32. The van der Waals surface area contributed by atoms with Gasteiger partial charge >= 0.3 is 18.9 Å². The zero-order valence-corrected chi connectivity index (χ0v) is 9.58. The van der Waals surface area contributed by atoms with Crippen LogP contribution in [0.25, 0.3) is 11.1 Å². The van der Waals surface area contributed by atoms with Crippen molar-refractivity contribution in [2.45, 2.75) is 0 Å². The third kappa shape index (κ3) is 2.75. The van der Waals surface area contributed by atoms with Gasteiger partial charge < -0.3 is 0 Å². The van der Waals surface area contributed by atoms with Gasteiger partial charge in [-0.25, -0.2) is 0 Å². The van der Waals surface area contributed by atoms with Crippen LogP contribution in [-0.4, -0.2) is 0 Å². The molecule has 0 aliphatic heterocycles. The van der Waals surface area contributed by atoms with Gasteiger partial charge in [0.1, 0.15) is 0 Å². The number of halogens is 1. The van der Waals surface area contributed by atoms with Crippen LogP contribution < -0.4 is 18.9 Å². The fraction of sp³-hybridized carbons (Fsp3) is 0. The normalized spacial score (nSPS) is 9.21. The molecule has 0 atom stereocenters. The van der Waals surface area contributed by atoms with Gasteiger partial charge in [-0.3, -0.25) is 0 Å². The van der Waals surface area contributed by atoms with Gasteiger partial charge in [0.25, 0.3) is 0 Å². The summed E-state index contributed by atoms with van der Waals surface area (Å²) in [6.07, 6.45) is 0. The van der Waals surface area contributed by atoms with E-state index >= 15 is 0 Å². The van der Waals surface area contributed by atoms with Gasteiger partial charge in [-0.15, -0.1) is 35.9 Å². The minimum atomic E-state index is 0. The van der Waals surface area contributed by atoms with Crippen LogP contribution in [0.15, 0.2) is 53.0 Å². The molecule has 0 heterocycles. The molecule has 14 heavy (non-hydrogen) atoms. The Labute approximate surface area is 105 Å². The number of benzene rings is 2. The van der Waals surface area contributed by atoms with E-state index in [1.807, 2.05) is 30.3 Å². The van der Waals surface area contributed by atoms with E-state index in [2.05, 4.69) is 40.2 Å². The molecule has 2 heteroatoms. The standard InChI is InChI=1S/C12H8Br.Li/c13-12-8-4-7-11(9-12)10-5-2-1-3-6-10;/h1-5,7-9H;/q-1;+1. The van der Waals surface area contributed by atoms with E-state index < -0.39 is 0 Å². The number of hydrogen-bond donors (Lipinski definition) is 0. The predicted molar refractivity (Wildman–Crippen MR) is 58.4 cm³/mol. The summed E-state index contributed by atoms with van der Waals surface area (Å²) < 4.78 is 1.10. The average molecular weight is 239 g/mol. The van der Waals surface area contributed by atoms with Crippen LogP contribution in [0.4, 0.5) is 0 Å². The van der Waals surface area contributed by atoms with Crippen molar-refractivity contribution < 1.29 is 18.9 Å². The molecule has 0 nitrogen and oxygen atoms in total. The van der Waals surface area contributed by atoms with Crippen molar-refractivity contribution in [3.8, 4) is 11.1 Å². The van der Waals surface area contributed by atoms with Crippen LogP contribution in [0.3, 0.4) is 0 Å². The van der Waals surface area contributed by atoms with Gasteiger partial charge in [0.15, 0.2) is 0 Å². The second-order valence-electron chi connectivity index (χ2n) is 2.79. The van der Waals surface area contributed by atoms with E-state index in [0.717, 1.165) is 10.0 Å². The largest absolute Gasteiger partial charge is 1.00 e. The minimum Gasteiger partial charge on any atom is -0.147 e. The maximum Gasteiger partial charge on any atom is 1.00 e. The fourth-order valence-electron chi connectivity index (χ4n) is 1.23. The Kier molecular flexibility index (Phi) is 4.48. The first-order valence-electron chi connectivity index (χ1n) is 4.09. The summed E-state index contributed by atoms with van der Waals surface area (Å²) in [5, 5.41) is 0. The molecular formula is C12H8BrLi. The molecule has 0 amide bonds. The molecule has 2 aromatic carbocycles. The van der Waals surface area contributed by atoms with E-state index in [1.165, 1.54) is 5.56 Å². The van der Waals surface area contributed by atoms with Gasteiger partial charge in [0.2, 0.25) is 0 Å². The van der Waals surface area contributed by atoms with E-state index in [9.17, 15) is 0 Å². The molecule has 2 aromatic rings. The first-order valence-corrected chi connectivity index (χ1v) is 4.88. The van der Waals surface area contributed by atoms with Crippen molar-refractivity contribution in [3.63, 3.8) is 0 Å². The molecule has 0 N–H and O–H groups in total. The van der Waals surface area contributed by atoms with Crippen LogP contribution in [-0.2, 0) is 0 Å². The molecular weight excluding hydrogens is 231 g/mol. The van der Waals surface area contributed by atoms with Crippen molar-refractivity contribution in [1.29, 1.82) is 0 Å². The Morgan fingerprint density at radius 3 is 2.50 bits per heavy atom. The van der Waals surface area contributed by atoms with E-state index in [1.54, 1.807) is 0 Å². The maximum absolute atomic E-state index is 3.45. The second kappa shape index (κ2) is 5.41. The number of rotatable bonds is 1. The molecule has 64 valence electrons. The minimum absolute atomic E-state index is 0. The molecule has 0 aromatic heterocycles. The quantitative estimate of drug-likeness (QED) is 0.512. The summed E-state index contributed by atoms with van der Waals surface area (Å²) in [4.78, 5) is 0. The Hall–Kier alpha value is -0.483. The van der Waals surface area contributed by atoms with Crippen molar-refractivity contribution >= 4 is 15.9 Å². The Morgan fingerprint density at radius 2 is 1.86 bits per heavy atom. The third-order valence-electron chi connectivity index (χ3n) is 1.84. The Morgan fingerprint density at radius 1 is 1.00 bits per heavy atom. The van der Waals surface area contributed by atoms with Crippen LogP contribution in [0.5, 0.6) is 0 Å². The molecule has 0 radical (unpaired) electrons. The zero-order valence-electron chi connectivity index (χ0n) is 8.00. The summed E-state index contributed by atoms with van der Waals surface area (Å²) in [5.74, 6) is 0. The topological polar surface area (TPSA) is 0 Å². The molecule has 2 rings (SSSR count). The molecule has 0 saturated heterocycles.